The zero-order chi connectivity index (χ0) is 27.2. The standard InChI is InChI=1S/C25H14F5N5O2S/c26-13-5-1-11(2-6-13)15-9-18(25(28,29)30)32-24-19(15)20(21(38-24)22(31)36)33-23(37)17-10-16(34-35-17)12-3-7-14(27)8-4-12/h1-10H,(H2,31,36)(H,33,37)(H,34,35). The lowest BCUT2D eigenvalue weighted by Crippen LogP contribution is -2.17. The molecule has 0 aliphatic carbocycles. The van der Waals surface area contributed by atoms with Crippen LogP contribution in [0, 0.1) is 11.6 Å². The Bertz CT molecular complexity index is 1690. The van der Waals surface area contributed by atoms with E-state index in [4.69, 9.17) is 5.73 Å². The second-order valence-electron chi connectivity index (χ2n) is 8.04. The van der Waals surface area contributed by atoms with E-state index in [1.807, 2.05) is 0 Å². The first kappa shape index (κ1) is 25.0. The second-order valence-corrected chi connectivity index (χ2v) is 9.04. The van der Waals surface area contributed by atoms with Crippen LogP contribution in [0.4, 0.5) is 27.6 Å². The summed E-state index contributed by atoms with van der Waals surface area (Å²) in [7, 11) is 0. The lowest BCUT2D eigenvalue weighted by Gasteiger charge is -2.12. The number of aromatic nitrogens is 3. The zero-order valence-electron chi connectivity index (χ0n) is 18.9. The van der Waals surface area contributed by atoms with E-state index in [2.05, 4.69) is 20.5 Å². The molecule has 2 amide bonds. The van der Waals surface area contributed by atoms with Crippen molar-refractivity contribution < 1.29 is 31.5 Å². The molecule has 0 unspecified atom stereocenters. The monoisotopic (exact) mass is 543 g/mol. The summed E-state index contributed by atoms with van der Waals surface area (Å²) in [6, 6.07) is 12.2. The average Bonchev–Trinajstić information content (AvgIpc) is 3.50. The number of aromatic amines is 1. The second kappa shape index (κ2) is 9.34. The van der Waals surface area contributed by atoms with E-state index >= 15 is 0 Å². The van der Waals surface area contributed by atoms with E-state index < -0.39 is 35.3 Å². The summed E-state index contributed by atoms with van der Waals surface area (Å²) in [5.74, 6) is -2.84. The Hall–Kier alpha value is -4.65. The van der Waals surface area contributed by atoms with Gasteiger partial charge in [0, 0.05) is 10.9 Å². The minimum atomic E-state index is -4.82. The van der Waals surface area contributed by atoms with Crippen LogP contribution in [0.3, 0.4) is 0 Å². The smallest absolute Gasteiger partial charge is 0.365 e. The number of halogens is 5. The summed E-state index contributed by atoms with van der Waals surface area (Å²) in [6.45, 7) is 0. The Balaban J connectivity index is 1.63. The number of nitrogens with two attached hydrogens (primary N) is 1. The molecular formula is C25H14F5N5O2S. The lowest BCUT2D eigenvalue weighted by molar-refractivity contribution is -0.140. The van der Waals surface area contributed by atoms with Gasteiger partial charge >= 0.3 is 6.18 Å². The van der Waals surface area contributed by atoms with Crippen LogP contribution in [-0.4, -0.2) is 27.0 Å². The van der Waals surface area contributed by atoms with Crippen LogP contribution < -0.4 is 11.1 Å². The van der Waals surface area contributed by atoms with Gasteiger partial charge in [-0.25, -0.2) is 13.8 Å². The molecule has 13 heteroatoms. The molecule has 3 aromatic heterocycles. The maximum atomic E-state index is 13.6. The van der Waals surface area contributed by atoms with Gasteiger partial charge in [0.25, 0.3) is 11.8 Å². The van der Waals surface area contributed by atoms with Crippen LogP contribution in [0.15, 0.2) is 60.7 Å². The van der Waals surface area contributed by atoms with Crippen molar-refractivity contribution >= 4 is 39.1 Å². The Morgan fingerprint density at radius 1 is 0.921 bits per heavy atom. The number of pyridine rings is 1. The van der Waals surface area contributed by atoms with Crippen molar-refractivity contribution in [3.05, 3.63) is 88.6 Å². The third-order valence-electron chi connectivity index (χ3n) is 5.53. The van der Waals surface area contributed by atoms with Crippen LogP contribution in [0.5, 0.6) is 0 Å². The first-order valence-corrected chi connectivity index (χ1v) is 11.6. The molecule has 0 bridgehead atoms. The highest BCUT2D eigenvalue weighted by atomic mass is 32.1. The van der Waals surface area contributed by atoms with Gasteiger partial charge in [0.1, 0.15) is 32.7 Å². The summed E-state index contributed by atoms with van der Waals surface area (Å²) in [5, 5.41) is 9.11. The maximum Gasteiger partial charge on any atom is 0.433 e. The fourth-order valence-corrected chi connectivity index (χ4v) is 4.79. The minimum Gasteiger partial charge on any atom is -0.365 e. The van der Waals surface area contributed by atoms with E-state index in [-0.39, 0.29) is 37.6 Å². The van der Waals surface area contributed by atoms with E-state index in [9.17, 15) is 31.5 Å². The number of carbonyl (C=O) groups is 2. The molecule has 0 atom stereocenters. The zero-order valence-corrected chi connectivity index (χ0v) is 19.7. The Morgan fingerprint density at radius 2 is 1.53 bits per heavy atom. The molecule has 5 aromatic rings. The molecule has 0 saturated heterocycles. The molecule has 5 rings (SSSR count). The molecule has 0 aliphatic rings. The third-order valence-corrected chi connectivity index (χ3v) is 6.63. The number of anilines is 1. The largest absolute Gasteiger partial charge is 0.433 e. The highest BCUT2D eigenvalue weighted by molar-refractivity contribution is 7.21. The van der Waals surface area contributed by atoms with Gasteiger partial charge in [-0.2, -0.15) is 18.3 Å². The van der Waals surface area contributed by atoms with E-state index in [1.54, 1.807) is 0 Å². The number of hydrogen-bond acceptors (Lipinski definition) is 5. The van der Waals surface area contributed by atoms with Gasteiger partial charge < -0.3 is 11.1 Å². The van der Waals surface area contributed by atoms with Crippen molar-refractivity contribution in [1.29, 1.82) is 0 Å². The number of carbonyl (C=O) groups excluding carboxylic acids is 2. The quantitative estimate of drug-likeness (QED) is 0.236. The molecule has 4 N–H and O–H groups in total. The number of hydrogen-bond donors (Lipinski definition) is 3. The Labute approximate surface area is 214 Å². The van der Waals surface area contributed by atoms with Crippen LogP contribution in [0.25, 0.3) is 32.6 Å². The fraction of sp³-hybridized carbons (Fsp3) is 0.0400. The predicted octanol–water partition coefficient (Wildman–Crippen LogP) is 6.00. The topological polar surface area (TPSA) is 114 Å². The van der Waals surface area contributed by atoms with Gasteiger partial charge in [0.05, 0.1) is 11.4 Å². The van der Waals surface area contributed by atoms with Crippen molar-refractivity contribution in [3.8, 4) is 22.4 Å². The number of fused-ring (bicyclic) bond motifs is 1. The van der Waals surface area contributed by atoms with Crippen molar-refractivity contribution in [1.82, 2.24) is 15.2 Å². The van der Waals surface area contributed by atoms with E-state index in [1.165, 1.54) is 42.5 Å². The third kappa shape index (κ3) is 4.70. The molecule has 0 aliphatic heterocycles. The Morgan fingerprint density at radius 3 is 2.11 bits per heavy atom. The number of nitrogens with one attached hydrogen (secondary N) is 2. The minimum absolute atomic E-state index is 0.0232. The number of benzene rings is 2. The molecule has 0 saturated carbocycles. The molecule has 38 heavy (non-hydrogen) atoms. The fourth-order valence-electron chi connectivity index (χ4n) is 3.78. The van der Waals surface area contributed by atoms with Gasteiger partial charge in [-0.3, -0.25) is 14.7 Å². The first-order chi connectivity index (χ1) is 18.0. The van der Waals surface area contributed by atoms with Gasteiger partial charge in [0.15, 0.2) is 0 Å². The number of alkyl halides is 3. The molecular weight excluding hydrogens is 529 g/mol. The predicted molar refractivity (Wildman–Crippen MR) is 130 cm³/mol. The van der Waals surface area contributed by atoms with Gasteiger partial charge in [-0.05, 0) is 59.7 Å². The molecule has 7 nitrogen and oxygen atoms in total. The summed E-state index contributed by atoms with van der Waals surface area (Å²) < 4.78 is 67.6. The molecule has 192 valence electrons. The number of primary amides is 1. The number of thiophene rings is 1. The molecule has 0 fully saturated rings. The van der Waals surface area contributed by atoms with Crippen LogP contribution in [0.1, 0.15) is 25.9 Å². The van der Waals surface area contributed by atoms with Gasteiger partial charge in [0.2, 0.25) is 0 Å². The van der Waals surface area contributed by atoms with Crippen molar-refractivity contribution in [2.24, 2.45) is 5.73 Å². The number of rotatable bonds is 5. The molecule has 0 spiro atoms. The maximum absolute atomic E-state index is 13.6. The van der Waals surface area contributed by atoms with Crippen molar-refractivity contribution in [2.75, 3.05) is 5.32 Å². The highest BCUT2D eigenvalue weighted by Crippen LogP contribution is 2.43. The summed E-state index contributed by atoms with van der Waals surface area (Å²) >= 11 is 0.579. The summed E-state index contributed by atoms with van der Waals surface area (Å²) in [5.41, 5.74) is 5.03. The van der Waals surface area contributed by atoms with Crippen molar-refractivity contribution in [2.45, 2.75) is 6.18 Å². The SMILES string of the molecule is NC(=O)c1sc2nc(C(F)(F)F)cc(-c3ccc(F)cc3)c2c1NC(=O)c1cc(-c2ccc(F)cc2)n[nH]1. The number of nitrogens with zero attached hydrogens (tertiary/aromatic N) is 2. The Kier molecular flexibility index (Phi) is 6.15. The highest BCUT2D eigenvalue weighted by Gasteiger charge is 2.35. The normalized spacial score (nSPS) is 11.6. The van der Waals surface area contributed by atoms with Gasteiger partial charge in [-0.1, -0.05) is 12.1 Å². The van der Waals surface area contributed by atoms with Gasteiger partial charge in [-0.15, -0.1) is 11.3 Å². The van der Waals surface area contributed by atoms with Crippen LogP contribution in [0.2, 0.25) is 0 Å². The van der Waals surface area contributed by atoms with E-state index in [0.29, 0.717) is 22.6 Å². The average molecular weight is 543 g/mol. The number of H-pyrrole nitrogens is 1. The summed E-state index contributed by atoms with van der Waals surface area (Å²) in [6.07, 6.45) is -4.82. The summed E-state index contributed by atoms with van der Waals surface area (Å²) in [4.78, 5) is 28.6. The molecule has 3 heterocycles. The van der Waals surface area contributed by atoms with E-state index in [0.717, 1.165) is 18.2 Å². The first-order valence-electron chi connectivity index (χ1n) is 10.7. The number of amides is 2. The van der Waals surface area contributed by atoms with Crippen molar-refractivity contribution in [3.63, 3.8) is 0 Å². The molecule has 2 aromatic carbocycles. The lowest BCUT2D eigenvalue weighted by atomic mass is 10.0. The molecule has 0 radical (unpaired) electrons. The van der Waals surface area contributed by atoms with Crippen LogP contribution >= 0.6 is 11.3 Å². The van der Waals surface area contributed by atoms with Crippen LogP contribution in [-0.2, 0) is 6.18 Å².